The third-order valence-corrected chi connectivity index (χ3v) is 4.60. The third kappa shape index (κ3) is 4.09. The van der Waals surface area contributed by atoms with Gasteiger partial charge in [0, 0.05) is 35.0 Å². The van der Waals surface area contributed by atoms with Crippen molar-refractivity contribution in [2.24, 2.45) is 5.14 Å². The maximum absolute atomic E-state index is 13.9. The molecular weight excluding hydrogens is 349 g/mol. The lowest BCUT2D eigenvalue weighted by molar-refractivity contribution is 0.0950. The summed E-state index contributed by atoms with van der Waals surface area (Å²) in [5.41, 5.74) is 3.43. The number of amides is 1. The van der Waals surface area contributed by atoms with Gasteiger partial charge in [-0.15, -0.1) is 0 Å². The molecule has 4 nitrogen and oxygen atoms in total. The van der Waals surface area contributed by atoms with E-state index in [9.17, 15) is 9.18 Å². The number of carbonyl (C=O) groups excluding carboxylic acids is 1. The topological polar surface area (TPSA) is 68.0 Å². The highest BCUT2D eigenvalue weighted by Crippen LogP contribution is 2.22. The second-order valence-electron chi connectivity index (χ2n) is 5.83. The van der Waals surface area contributed by atoms with Crippen LogP contribution < -0.4 is 10.5 Å². The highest BCUT2D eigenvalue weighted by Gasteiger charge is 2.11. The first-order valence-electron chi connectivity index (χ1n) is 8.03. The van der Waals surface area contributed by atoms with E-state index in [1.165, 1.54) is 24.2 Å². The highest BCUT2D eigenvalue weighted by molar-refractivity contribution is 7.97. The normalized spacial score (nSPS) is 10.6. The second kappa shape index (κ2) is 8.12. The van der Waals surface area contributed by atoms with Crippen molar-refractivity contribution in [3.05, 3.63) is 83.4 Å². The predicted octanol–water partition coefficient (Wildman–Crippen LogP) is 4.09. The molecule has 0 aliphatic heterocycles. The summed E-state index contributed by atoms with van der Waals surface area (Å²) >= 11 is 1.19. The molecule has 132 valence electrons. The van der Waals surface area contributed by atoms with Crippen LogP contribution in [-0.4, -0.2) is 10.9 Å². The van der Waals surface area contributed by atoms with Gasteiger partial charge in [-0.25, -0.2) is 4.39 Å². The van der Waals surface area contributed by atoms with E-state index < -0.39 is 0 Å². The van der Waals surface area contributed by atoms with E-state index in [0.29, 0.717) is 23.2 Å². The Labute approximate surface area is 155 Å². The molecule has 3 N–H and O–H groups in total. The Balaban J connectivity index is 1.75. The molecule has 3 aromatic rings. The number of aromatic nitrogens is 1. The number of nitrogens with one attached hydrogen (secondary N) is 1. The van der Waals surface area contributed by atoms with Gasteiger partial charge in [-0.05, 0) is 54.3 Å². The molecule has 0 saturated carbocycles. The molecule has 26 heavy (non-hydrogen) atoms. The Morgan fingerprint density at radius 1 is 1.19 bits per heavy atom. The van der Waals surface area contributed by atoms with Crippen molar-refractivity contribution in [1.82, 2.24) is 10.3 Å². The van der Waals surface area contributed by atoms with Crippen LogP contribution in [-0.2, 0) is 6.54 Å². The molecule has 0 fully saturated rings. The molecule has 0 bridgehead atoms. The van der Waals surface area contributed by atoms with E-state index in [4.69, 9.17) is 5.14 Å². The molecule has 2 aromatic carbocycles. The van der Waals surface area contributed by atoms with Crippen LogP contribution in [0.25, 0.3) is 11.1 Å². The Hall–Kier alpha value is -2.70. The van der Waals surface area contributed by atoms with Gasteiger partial charge in [0.25, 0.3) is 5.91 Å². The molecule has 0 spiro atoms. The number of hydrogen-bond acceptors (Lipinski definition) is 4. The fourth-order valence-corrected chi connectivity index (χ4v) is 3.02. The number of aryl methyl sites for hydroxylation is 1. The van der Waals surface area contributed by atoms with Crippen LogP contribution in [0.4, 0.5) is 4.39 Å². The van der Waals surface area contributed by atoms with E-state index in [1.807, 2.05) is 25.1 Å². The van der Waals surface area contributed by atoms with Crippen molar-refractivity contribution in [1.29, 1.82) is 0 Å². The fraction of sp³-hybridized carbons (Fsp3) is 0.100. The lowest BCUT2D eigenvalue weighted by Gasteiger charge is -2.10. The molecule has 0 atom stereocenters. The van der Waals surface area contributed by atoms with Crippen LogP contribution in [0.15, 0.2) is 65.8 Å². The lowest BCUT2D eigenvalue weighted by atomic mass is 10.1. The number of hydrogen-bond donors (Lipinski definition) is 2. The number of benzene rings is 2. The van der Waals surface area contributed by atoms with Gasteiger partial charge in [-0.1, -0.05) is 24.3 Å². The molecule has 0 aliphatic rings. The van der Waals surface area contributed by atoms with Gasteiger partial charge >= 0.3 is 0 Å². The molecule has 1 amide bonds. The van der Waals surface area contributed by atoms with Crippen LogP contribution in [0, 0.1) is 12.7 Å². The average molecular weight is 367 g/mol. The zero-order chi connectivity index (χ0) is 18.5. The van der Waals surface area contributed by atoms with E-state index in [0.717, 1.165) is 16.0 Å². The summed E-state index contributed by atoms with van der Waals surface area (Å²) in [6.45, 7) is 2.37. The Morgan fingerprint density at radius 2 is 2.00 bits per heavy atom. The molecule has 0 saturated heterocycles. The summed E-state index contributed by atoms with van der Waals surface area (Å²) in [4.78, 5) is 17.5. The summed E-state index contributed by atoms with van der Waals surface area (Å²) in [6, 6.07) is 13.9. The molecule has 1 heterocycles. The maximum atomic E-state index is 13.9. The van der Waals surface area contributed by atoms with Crippen molar-refractivity contribution in [2.75, 3.05) is 0 Å². The van der Waals surface area contributed by atoms with E-state index in [1.54, 1.807) is 30.5 Å². The minimum atomic E-state index is -0.347. The van der Waals surface area contributed by atoms with Gasteiger partial charge in [0.05, 0.1) is 5.56 Å². The average Bonchev–Trinajstić information content (AvgIpc) is 2.67. The monoisotopic (exact) mass is 367 g/mol. The standard InChI is InChI=1S/C20H18FN3OS/c1-13-8-17(26-22)7-6-14(13)12-24-20(25)16-9-15(10-23-11-16)18-4-2-3-5-19(18)21/h2-11H,12,22H2,1H3,(H,24,25). The van der Waals surface area contributed by atoms with E-state index >= 15 is 0 Å². The second-order valence-corrected chi connectivity index (χ2v) is 6.54. The smallest absolute Gasteiger partial charge is 0.253 e. The van der Waals surface area contributed by atoms with Crippen molar-refractivity contribution < 1.29 is 9.18 Å². The molecule has 3 rings (SSSR count). The Morgan fingerprint density at radius 3 is 2.73 bits per heavy atom. The van der Waals surface area contributed by atoms with Gasteiger partial charge < -0.3 is 5.32 Å². The zero-order valence-electron chi connectivity index (χ0n) is 14.2. The number of rotatable bonds is 5. The number of nitrogens with two attached hydrogens (primary N) is 1. The van der Waals surface area contributed by atoms with Crippen LogP contribution in [0.2, 0.25) is 0 Å². The van der Waals surface area contributed by atoms with Crippen molar-refractivity contribution in [3.63, 3.8) is 0 Å². The highest BCUT2D eigenvalue weighted by atomic mass is 32.2. The predicted molar refractivity (Wildman–Crippen MR) is 102 cm³/mol. The molecule has 0 aliphatic carbocycles. The SMILES string of the molecule is Cc1cc(SN)ccc1CNC(=O)c1cncc(-c2ccccc2F)c1. The third-order valence-electron chi connectivity index (χ3n) is 4.07. The number of nitrogens with zero attached hydrogens (tertiary/aromatic N) is 1. The summed E-state index contributed by atoms with van der Waals surface area (Å²) in [5, 5.41) is 8.43. The fourth-order valence-electron chi connectivity index (χ4n) is 2.62. The van der Waals surface area contributed by atoms with Crippen molar-refractivity contribution >= 4 is 17.9 Å². The quantitative estimate of drug-likeness (QED) is 0.667. The summed E-state index contributed by atoms with van der Waals surface area (Å²) < 4.78 is 13.9. The molecular formula is C20H18FN3OS. The van der Waals surface area contributed by atoms with Crippen LogP contribution in [0.5, 0.6) is 0 Å². The minimum Gasteiger partial charge on any atom is -0.348 e. The van der Waals surface area contributed by atoms with Crippen LogP contribution >= 0.6 is 11.9 Å². The molecule has 6 heteroatoms. The summed E-state index contributed by atoms with van der Waals surface area (Å²) in [7, 11) is 0. The largest absolute Gasteiger partial charge is 0.348 e. The first-order valence-corrected chi connectivity index (χ1v) is 8.91. The van der Waals surface area contributed by atoms with E-state index in [2.05, 4.69) is 10.3 Å². The van der Waals surface area contributed by atoms with Gasteiger partial charge in [0.15, 0.2) is 0 Å². The van der Waals surface area contributed by atoms with Gasteiger partial charge in [0.1, 0.15) is 5.82 Å². The Kier molecular flexibility index (Phi) is 5.65. The van der Waals surface area contributed by atoms with Crippen LogP contribution in [0.1, 0.15) is 21.5 Å². The zero-order valence-corrected chi connectivity index (χ0v) is 15.0. The van der Waals surface area contributed by atoms with Gasteiger partial charge in [-0.3, -0.25) is 14.9 Å². The molecule has 0 unspecified atom stereocenters. The van der Waals surface area contributed by atoms with Gasteiger partial charge in [0.2, 0.25) is 0 Å². The first kappa shape index (κ1) is 18.1. The molecule has 1 aromatic heterocycles. The van der Waals surface area contributed by atoms with Gasteiger partial charge in [-0.2, -0.15) is 0 Å². The maximum Gasteiger partial charge on any atom is 0.253 e. The number of pyridine rings is 1. The number of carbonyl (C=O) groups is 1. The summed E-state index contributed by atoms with van der Waals surface area (Å²) in [5.74, 6) is -0.604. The van der Waals surface area contributed by atoms with E-state index in [-0.39, 0.29) is 11.7 Å². The summed E-state index contributed by atoms with van der Waals surface area (Å²) in [6.07, 6.45) is 3.02. The van der Waals surface area contributed by atoms with Crippen molar-refractivity contribution in [2.45, 2.75) is 18.4 Å². The Bertz CT molecular complexity index is 946. The van der Waals surface area contributed by atoms with Crippen LogP contribution in [0.3, 0.4) is 0 Å². The molecule has 0 radical (unpaired) electrons. The minimum absolute atomic E-state index is 0.257. The first-order chi connectivity index (χ1) is 12.6. The lowest BCUT2D eigenvalue weighted by Crippen LogP contribution is -2.23. The number of halogens is 1. The van der Waals surface area contributed by atoms with Crippen molar-refractivity contribution in [3.8, 4) is 11.1 Å².